The number of aryl methyl sites for hydroxylation is 1. The fourth-order valence-electron chi connectivity index (χ4n) is 4.74. The molecule has 2 aromatic heterocycles. The van der Waals surface area contributed by atoms with Crippen molar-refractivity contribution in [2.24, 2.45) is 5.92 Å². The Hall–Kier alpha value is -2.97. The molecular formula is C25H29ClN4O4. The van der Waals surface area contributed by atoms with Gasteiger partial charge >= 0.3 is 0 Å². The topological polar surface area (TPSA) is 97.5 Å². The van der Waals surface area contributed by atoms with Gasteiger partial charge in [-0.05, 0) is 69.8 Å². The fourth-order valence-corrected chi connectivity index (χ4v) is 4.74. The number of piperidine rings is 1. The molecule has 0 spiro atoms. The van der Waals surface area contributed by atoms with Gasteiger partial charge in [0.2, 0.25) is 6.79 Å². The second kappa shape index (κ2) is 9.35. The van der Waals surface area contributed by atoms with E-state index in [0.717, 1.165) is 54.0 Å². The zero-order valence-electron chi connectivity index (χ0n) is 19.1. The number of nitrogens with one attached hydrogen (secondary N) is 3. The molecule has 6 rings (SSSR count). The molecule has 2 aliphatic heterocycles. The molecule has 8 nitrogen and oxygen atoms in total. The Labute approximate surface area is 204 Å². The number of nitrogens with zero attached hydrogens (tertiary/aromatic N) is 1. The van der Waals surface area contributed by atoms with Crippen LogP contribution in [0.5, 0.6) is 17.2 Å². The molecule has 3 aliphatic rings. The Morgan fingerprint density at radius 2 is 2.00 bits per heavy atom. The van der Waals surface area contributed by atoms with Gasteiger partial charge in [-0.1, -0.05) is 0 Å². The van der Waals surface area contributed by atoms with Crippen LogP contribution < -0.4 is 24.8 Å². The van der Waals surface area contributed by atoms with Crippen LogP contribution in [0.1, 0.15) is 41.7 Å². The van der Waals surface area contributed by atoms with Crippen LogP contribution >= 0.6 is 12.4 Å². The van der Waals surface area contributed by atoms with Gasteiger partial charge in [-0.3, -0.25) is 9.78 Å². The van der Waals surface area contributed by atoms with Crippen LogP contribution in [0.4, 0.5) is 0 Å². The molecule has 3 N–H and O–H groups in total. The number of carbonyl (C=O) groups is 1. The van der Waals surface area contributed by atoms with E-state index in [9.17, 15) is 4.79 Å². The molecule has 180 valence electrons. The van der Waals surface area contributed by atoms with Crippen molar-refractivity contribution in [2.45, 2.75) is 38.6 Å². The molecule has 0 bridgehead atoms. The van der Waals surface area contributed by atoms with Crippen LogP contribution in [-0.4, -0.2) is 48.4 Å². The van der Waals surface area contributed by atoms with E-state index in [-0.39, 0.29) is 31.1 Å². The van der Waals surface area contributed by atoms with Crippen LogP contribution in [0.3, 0.4) is 0 Å². The number of hydrogen-bond acceptors (Lipinski definition) is 6. The largest absolute Gasteiger partial charge is 0.493 e. The van der Waals surface area contributed by atoms with Crippen LogP contribution in [0.2, 0.25) is 0 Å². The number of aromatic amines is 1. The van der Waals surface area contributed by atoms with Gasteiger partial charge in [0.1, 0.15) is 11.3 Å². The maximum Gasteiger partial charge on any atom is 0.255 e. The molecule has 1 amide bonds. The third kappa shape index (κ3) is 4.16. The number of aromatic nitrogens is 2. The van der Waals surface area contributed by atoms with Crippen LogP contribution in [0, 0.1) is 12.8 Å². The average Bonchev–Trinajstić information content (AvgIpc) is 3.41. The highest BCUT2D eigenvalue weighted by Crippen LogP contribution is 2.49. The number of rotatable bonds is 6. The number of hydrogen-bond donors (Lipinski definition) is 3. The summed E-state index contributed by atoms with van der Waals surface area (Å²) in [5.41, 5.74) is 4.56. The monoisotopic (exact) mass is 484 g/mol. The molecule has 4 heterocycles. The van der Waals surface area contributed by atoms with Crippen molar-refractivity contribution in [1.82, 2.24) is 20.6 Å². The number of benzene rings is 1. The molecule has 0 unspecified atom stereocenters. The maximum atomic E-state index is 13.2. The minimum Gasteiger partial charge on any atom is -0.493 e. The van der Waals surface area contributed by atoms with Crippen molar-refractivity contribution in [1.29, 1.82) is 0 Å². The number of carbonyl (C=O) groups excluding carboxylic acids is 1. The zero-order chi connectivity index (χ0) is 22.4. The van der Waals surface area contributed by atoms with Gasteiger partial charge in [0.25, 0.3) is 5.91 Å². The van der Waals surface area contributed by atoms with Gasteiger partial charge < -0.3 is 29.8 Å². The van der Waals surface area contributed by atoms with E-state index in [4.69, 9.17) is 14.2 Å². The molecule has 1 saturated heterocycles. The lowest BCUT2D eigenvalue weighted by molar-refractivity contribution is 0.0930. The summed E-state index contributed by atoms with van der Waals surface area (Å²) in [6.45, 7) is 4.63. The summed E-state index contributed by atoms with van der Waals surface area (Å²) in [7, 11) is 0. The van der Waals surface area contributed by atoms with Gasteiger partial charge in [-0.15, -0.1) is 12.4 Å². The summed E-state index contributed by atoms with van der Waals surface area (Å²) >= 11 is 0. The molecule has 0 radical (unpaired) electrons. The first-order valence-electron chi connectivity index (χ1n) is 11.7. The first-order chi connectivity index (χ1) is 16.2. The summed E-state index contributed by atoms with van der Waals surface area (Å²) in [5, 5.41) is 6.53. The summed E-state index contributed by atoms with van der Waals surface area (Å²) < 4.78 is 17.7. The van der Waals surface area contributed by atoms with Crippen molar-refractivity contribution in [3.8, 4) is 28.4 Å². The predicted octanol–water partition coefficient (Wildman–Crippen LogP) is 3.96. The van der Waals surface area contributed by atoms with Gasteiger partial charge in [0.15, 0.2) is 11.5 Å². The molecule has 34 heavy (non-hydrogen) atoms. The van der Waals surface area contributed by atoms with E-state index in [1.807, 2.05) is 25.1 Å². The number of H-pyrrole nitrogens is 1. The fraction of sp³-hybridized carbons (Fsp3) is 0.440. The number of halogens is 1. The Bertz CT molecular complexity index is 1220. The molecule has 2 fully saturated rings. The Kier molecular flexibility index (Phi) is 6.27. The van der Waals surface area contributed by atoms with Crippen LogP contribution in [0.15, 0.2) is 24.4 Å². The lowest BCUT2D eigenvalue weighted by atomic mass is 10.0. The standard InChI is InChI=1S/C25H28N4O4.ClH/c1-14-20(25(30)29-16-6-9-26-10-7-16)23-22(28-14)17(8-11-27-23)21-18(31-12-15-2-3-15)4-5-19-24(21)33-13-32-19;/h4-5,8,11,15-16,26,28H,2-3,6-7,9-10,12-13H2,1H3,(H,29,30);1H. The zero-order valence-corrected chi connectivity index (χ0v) is 19.9. The van der Waals surface area contributed by atoms with Gasteiger partial charge in [-0.2, -0.15) is 0 Å². The third-order valence-corrected chi connectivity index (χ3v) is 6.72. The van der Waals surface area contributed by atoms with E-state index in [0.29, 0.717) is 35.1 Å². The highest BCUT2D eigenvalue weighted by molar-refractivity contribution is 6.10. The SMILES string of the molecule is Cc1[nH]c2c(-c3c(OCC4CC4)ccc4c3OCO4)ccnc2c1C(=O)NC1CCNCC1.Cl. The van der Waals surface area contributed by atoms with E-state index in [1.54, 1.807) is 6.20 Å². The highest BCUT2D eigenvalue weighted by Gasteiger charge is 2.29. The van der Waals surface area contributed by atoms with Gasteiger partial charge in [0.05, 0.1) is 23.3 Å². The second-order valence-corrected chi connectivity index (χ2v) is 9.13. The van der Waals surface area contributed by atoms with Crippen molar-refractivity contribution in [2.75, 3.05) is 26.5 Å². The summed E-state index contributed by atoms with van der Waals surface area (Å²) in [6.07, 6.45) is 6.03. The summed E-state index contributed by atoms with van der Waals surface area (Å²) in [6, 6.07) is 5.95. The minimum atomic E-state index is -0.0848. The molecular weight excluding hydrogens is 456 g/mol. The molecule has 0 atom stereocenters. The lowest BCUT2D eigenvalue weighted by Crippen LogP contribution is -2.42. The van der Waals surface area contributed by atoms with Crippen molar-refractivity contribution < 1.29 is 19.0 Å². The van der Waals surface area contributed by atoms with E-state index >= 15 is 0 Å². The Balaban J connectivity index is 0.00000241. The number of fused-ring (bicyclic) bond motifs is 2. The van der Waals surface area contributed by atoms with Crippen LogP contribution in [0.25, 0.3) is 22.2 Å². The third-order valence-electron chi connectivity index (χ3n) is 6.72. The molecule has 9 heteroatoms. The lowest BCUT2D eigenvalue weighted by Gasteiger charge is -2.23. The van der Waals surface area contributed by atoms with Crippen molar-refractivity contribution in [3.63, 3.8) is 0 Å². The van der Waals surface area contributed by atoms with Crippen molar-refractivity contribution in [3.05, 3.63) is 35.7 Å². The average molecular weight is 485 g/mol. The normalized spacial score (nSPS) is 17.4. The summed E-state index contributed by atoms with van der Waals surface area (Å²) in [4.78, 5) is 21.2. The number of amides is 1. The molecule has 3 aromatic rings. The smallest absolute Gasteiger partial charge is 0.255 e. The van der Waals surface area contributed by atoms with Gasteiger partial charge in [0, 0.05) is 23.5 Å². The molecule has 1 saturated carbocycles. The Morgan fingerprint density at radius 1 is 1.18 bits per heavy atom. The predicted molar refractivity (Wildman–Crippen MR) is 131 cm³/mol. The van der Waals surface area contributed by atoms with E-state index < -0.39 is 0 Å². The maximum absolute atomic E-state index is 13.2. The van der Waals surface area contributed by atoms with Gasteiger partial charge in [-0.25, -0.2) is 0 Å². The van der Waals surface area contributed by atoms with Crippen LogP contribution in [-0.2, 0) is 0 Å². The first kappa shape index (κ1) is 22.8. The van der Waals surface area contributed by atoms with E-state index in [1.165, 1.54) is 12.8 Å². The second-order valence-electron chi connectivity index (χ2n) is 9.13. The number of pyridine rings is 1. The van der Waals surface area contributed by atoms with E-state index in [2.05, 4.69) is 20.6 Å². The molecule has 1 aliphatic carbocycles. The van der Waals surface area contributed by atoms with Crippen molar-refractivity contribution >= 4 is 29.3 Å². The molecule has 1 aromatic carbocycles. The highest BCUT2D eigenvalue weighted by atomic mass is 35.5. The Morgan fingerprint density at radius 3 is 2.79 bits per heavy atom. The number of ether oxygens (including phenoxy) is 3. The minimum absolute atomic E-state index is 0. The quantitative estimate of drug-likeness (QED) is 0.490. The summed E-state index contributed by atoms with van der Waals surface area (Å²) in [5.74, 6) is 2.66. The first-order valence-corrected chi connectivity index (χ1v) is 11.7.